The molecule has 0 heterocycles. The fourth-order valence-electron chi connectivity index (χ4n) is 1.02. The molecule has 13 heavy (non-hydrogen) atoms. The van der Waals surface area contributed by atoms with E-state index in [-0.39, 0.29) is 5.91 Å². The van der Waals surface area contributed by atoms with E-state index in [2.05, 4.69) is 21.4 Å². The Morgan fingerprint density at radius 2 is 2.15 bits per heavy atom. The standard InChI is InChI=1S/C9H11BrN2O/c10-8-4-2-1-3-7(8)5-6-9(13)12-11/h1-4H,5-6,11H2,(H,12,13). The Morgan fingerprint density at radius 1 is 1.46 bits per heavy atom. The van der Waals surface area contributed by atoms with E-state index < -0.39 is 0 Å². The first-order chi connectivity index (χ1) is 6.24. The zero-order valence-corrected chi connectivity index (χ0v) is 8.67. The highest BCUT2D eigenvalue weighted by atomic mass is 79.9. The SMILES string of the molecule is NNC(=O)CCc1ccccc1Br. The highest BCUT2D eigenvalue weighted by Crippen LogP contribution is 2.16. The molecule has 1 amide bonds. The number of rotatable bonds is 3. The minimum Gasteiger partial charge on any atom is -0.294 e. The van der Waals surface area contributed by atoms with Gasteiger partial charge in [0.25, 0.3) is 0 Å². The second-order valence-corrected chi connectivity index (χ2v) is 3.51. The van der Waals surface area contributed by atoms with Gasteiger partial charge in [0.05, 0.1) is 0 Å². The van der Waals surface area contributed by atoms with Gasteiger partial charge < -0.3 is 0 Å². The van der Waals surface area contributed by atoms with Crippen molar-refractivity contribution in [2.45, 2.75) is 12.8 Å². The molecule has 0 saturated carbocycles. The molecule has 0 atom stereocenters. The van der Waals surface area contributed by atoms with Gasteiger partial charge in [-0.1, -0.05) is 34.1 Å². The van der Waals surface area contributed by atoms with Gasteiger partial charge in [0.15, 0.2) is 0 Å². The van der Waals surface area contributed by atoms with Crippen molar-refractivity contribution in [2.24, 2.45) is 5.84 Å². The Kier molecular flexibility index (Phi) is 3.92. The molecule has 0 aromatic heterocycles. The summed E-state index contributed by atoms with van der Waals surface area (Å²) in [6, 6.07) is 7.82. The molecule has 3 N–H and O–H groups in total. The average Bonchev–Trinajstić information content (AvgIpc) is 2.16. The lowest BCUT2D eigenvalue weighted by Gasteiger charge is -2.02. The Morgan fingerprint density at radius 3 is 2.77 bits per heavy atom. The van der Waals surface area contributed by atoms with E-state index in [9.17, 15) is 4.79 Å². The summed E-state index contributed by atoms with van der Waals surface area (Å²) in [4.78, 5) is 10.8. The van der Waals surface area contributed by atoms with E-state index >= 15 is 0 Å². The average molecular weight is 243 g/mol. The maximum atomic E-state index is 10.8. The van der Waals surface area contributed by atoms with Crippen LogP contribution in [0.25, 0.3) is 0 Å². The molecule has 3 nitrogen and oxygen atoms in total. The fraction of sp³-hybridized carbons (Fsp3) is 0.222. The van der Waals surface area contributed by atoms with Gasteiger partial charge in [0.2, 0.25) is 5.91 Å². The van der Waals surface area contributed by atoms with E-state index in [1.165, 1.54) is 0 Å². The van der Waals surface area contributed by atoms with Crippen molar-refractivity contribution in [3.63, 3.8) is 0 Å². The van der Waals surface area contributed by atoms with Crippen LogP contribution in [0.5, 0.6) is 0 Å². The van der Waals surface area contributed by atoms with Crippen LogP contribution in [0.15, 0.2) is 28.7 Å². The molecule has 0 fully saturated rings. The van der Waals surface area contributed by atoms with E-state index in [0.717, 1.165) is 10.0 Å². The molecule has 0 spiro atoms. The fourth-order valence-corrected chi connectivity index (χ4v) is 1.50. The van der Waals surface area contributed by atoms with Crippen LogP contribution in [-0.4, -0.2) is 5.91 Å². The topological polar surface area (TPSA) is 55.1 Å². The number of amides is 1. The van der Waals surface area contributed by atoms with Crippen molar-refractivity contribution in [1.29, 1.82) is 0 Å². The summed E-state index contributed by atoms with van der Waals surface area (Å²) in [5.41, 5.74) is 3.22. The number of benzene rings is 1. The van der Waals surface area contributed by atoms with Crippen LogP contribution in [0.1, 0.15) is 12.0 Å². The van der Waals surface area contributed by atoms with E-state index in [4.69, 9.17) is 5.84 Å². The molecule has 1 aromatic rings. The number of carbonyl (C=O) groups is 1. The van der Waals surface area contributed by atoms with Crippen molar-refractivity contribution < 1.29 is 4.79 Å². The van der Waals surface area contributed by atoms with Gasteiger partial charge in [0.1, 0.15) is 0 Å². The number of nitrogens with two attached hydrogens (primary N) is 1. The Bertz CT molecular complexity index is 301. The molecule has 0 aliphatic carbocycles. The van der Waals surface area contributed by atoms with Gasteiger partial charge in [0, 0.05) is 10.9 Å². The first kappa shape index (κ1) is 10.2. The van der Waals surface area contributed by atoms with Crippen LogP contribution < -0.4 is 11.3 Å². The third-order valence-corrected chi connectivity index (χ3v) is 2.51. The maximum Gasteiger partial charge on any atom is 0.234 e. The summed E-state index contributed by atoms with van der Waals surface area (Å²) in [6.07, 6.45) is 1.11. The van der Waals surface area contributed by atoms with Crippen molar-refractivity contribution in [1.82, 2.24) is 5.43 Å². The van der Waals surface area contributed by atoms with Crippen LogP contribution in [-0.2, 0) is 11.2 Å². The molecule has 1 aromatic carbocycles. The Labute approximate surface area is 85.4 Å². The lowest BCUT2D eigenvalue weighted by molar-refractivity contribution is -0.121. The lowest BCUT2D eigenvalue weighted by Crippen LogP contribution is -2.30. The van der Waals surface area contributed by atoms with E-state index in [0.29, 0.717) is 12.8 Å². The summed E-state index contributed by atoms with van der Waals surface area (Å²) in [5.74, 6) is 4.82. The minimum absolute atomic E-state index is 0.143. The highest BCUT2D eigenvalue weighted by molar-refractivity contribution is 9.10. The second kappa shape index (κ2) is 4.99. The van der Waals surface area contributed by atoms with Crippen LogP contribution in [0.4, 0.5) is 0 Å². The first-order valence-electron chi connectivity index (χ1n) is 3.97. The van der Waals surface area contributed by atoms with Crippen molar-refractivity contribution in [3.05, 3.63) is 34.3 Å². The molecule has 70 valence electrons. The van der Waals surface area contributed by atoms with Crippen LogP contribution >= 0.6 is 15.9 Å². The second-order valence-electron chi connectivity index (χ2n) is 2.66. The molecule has 0 radical (unpaired) electrons. The predicted octanol–water partition coefficient (Wildman–Crippen LogP) is 1.37. The smallest absolute Gasteiger partial charge is 0.234 e. The zero-order chi connectivity index (χ0) is 9.68. The summed E-state index contributed by atoms with van der Waals surface area (Å²) < 4.78 is 1.03. The highest BCUT2D eigenvalue weighted by Gasteiger charge is 2.02. The van der Waals surface area contributed by atoms with Crippen molar-refractivity contribution >= 4 is 21.8 Å². The first-order valence-corrected chi connectivity index (χ1v) is 4.76. The zero-order valence-electron chi connectivity index (χ0n) is 7.09. The van der Waals surface area contributed by atoms with Crippen LogP contribution in [0.3, 0.4) is 0 Å². The third kappa shape index (κ3) is 3.16. The minimum atomic E-state index is -0.143. The van der Waals surface area contributed by atoms with E-state index in [1.54, 1.807) is 0 Å². The van der Waals surface area contributed by atoms with Gasteiger partial charge in [-0.3, -0.25) is 10.2 Å². The lowest BCUT2D eigenvalue weighted by atomic mass is 10.1. The molecule has 0 unspecified atom stereocenters. The number of hydrogen-bond donors (Lipinski definition) is 2. The summed E-state index contributed by atoms with van der Waals surface area (Å²) in [7, 11) is 0. The molecular weight excluding hydrogens is 232 g/mol. The largest absolute Gasteiger partial charge is 0.294 e. The molecule has 1 rings (SSSR count). The Balaban J connectivity index is 2.54. The summed E-state index contributed by atoms with van der Waals surface area (Å²) in [6.45, 7) is 0. The number of aryl methyl sites for hydroxylation is 1. The summed E-state index contributed by atoms with van der Waals surface area (Å²) >= 11 is 3.41. The number of carbonyl (C=O) groups excluding carboxylic acids is 1. The Hall–Kier alpha value is -0.870. The number of halogens is 1. The maximum absolute atomic E-state index is 10.8. The van der Waals surface area contributed by atoms with Gasteiger partial charge >= 0.3 is 0 Å². The molecule has 0 aliphatic rings. The van der Waals surface area contributed by atoms with Crippen LogP contribution in [0.2, 0.25) is 0 Å². The monoisotopic (exact) mass is 242 g/mol. The van der Waals surface area contributed by atoms with Gasteiger partial charge in [-0.05, 0) is 18.1 Å². The molecule has 0 saturated heterocycles. The van der Waals surface area contributed by atoms with Gasteiger partial charge in [-0.2, -0.15) is 0 Å². The van der Waals surface area contributed by atoms with E-state index in [1.807, 2.05) is 24.3 Å². The molecule has 0 bridgehead atoms. The van der Waals surface area contributed by atoms with Crippen LogP contribution in [0, 0.1) is 0 Å². The van der Waals surface area contributed by atoms with Crippen molar-refractivity contribution in [3.8, 4) is 0 Å². The third-order valence-electron chi connectivity index (χ3n) is 1.74. The molecule has 4 heteroatoms. The normalized spacial score (nSPS) is 9.69. The number of nitrogens with one attached hydrogen (secondary N) is 1. The van der Waals surface area contributed by atoms with Gasteiger partial charge in [-0.25, -0.2) is 5.84 Å². The number of hydrazine groups is 1. The van der Waals surface area contributed by atoms with Crippen molar-refractivity contribution in [2.75, 3.05) is 0 Å². The quantitative estimate of drug-likeness (QED) is 0.478. The predicted molar refractivity (Wildman–Crippen MR) is 54.8 cm³/mol. The molecular formula is C9H11BrN2O. The van der Waals surface area contributed by atoms with Gasteiger partial charge in [-0.15, -0.1) is 0 Å². The molecule has 0 aliphatic heterocycles. The number of hydrogen-bond acceptors (Lipinski definition) is 2. The summed E-state index contributed by atoms with van der Waals surface area (Å²) in [5, 5.41) is 0.